The van der Waals surface area contributed by atoms with Gasteiger partial charge in [0.2, 0.25) is 0 Å². The van der Waals surface area contributed by atoms with Crippen molar-refractivity contribution in [3.05, 3.63) is 53.2 Å². The summed E-state index contributed by atoms with van der Waals surface area (Å²) in [6, 6.07) is 7.77. The van der Waals surface area contributed by atoms with Gasteiger partial charge in [0.05, 0.1) is 7.11 Å². The van der Waals surface area contributed by atoms with Crippen molar-refractivity contribution >= 4 is 0 Å². The lowest BCUT2D eigenvalue weighted by molar-refractivity contribution is 0.182. The summed E-state index contributed by atoms with van der Waals surface area (Å²) >= 11 is 0. The molecule has 3 nitrogen and oxygen atoms in total. The van der Waals surface area contributed by atoms with E-state index in [1.807, 2.05) is 6.92 Å². The van der Waals surface area contributed by atoms with Crippen LogP contribution in [0.3, 0.4) is 0 Å². The summed E-state index contributed by atoms with van der Waals surface area (Å²) in [6.45, 7) is 1.95. The van der Waals surface area contributed by atoms with Crippen LogP contribution in [0.2, 0.25) is 0 Å². The van der Waals surface area contributed by atoms with Crippen molar-refractivity contribution in [2.24, 2.45) is 0 Å². The second-order valence-electron chi connectivity index (χ2n) is 3.95. The standard InChI is InChI=1S/C14H15FO3/c1-3-9-5-7-13(18-9)14(16)11-6-4-10(17-2)8-12(11)15/h4-8,14,16H,3H2,1-2H3. The Hall–Kier alpha value is -1.81. The van der Waals surface area contributed by atoms with E-state index in [-0.39, 0.29) is 5.56 Å². The van der Waals surface area contributed by atoms with Crippen molar-refractivity contribution < 1.29 is 18.7 Å². The maximum atomic E-state index is 13.8. The monoisotopic (exact) mass is 250 g/mol. The van der Waals surface area contributed by atoms with Gasteiger partial charge in [-0.1, -0.05) is 6.92 Å². The van der Waals surface area contributed by atoms with Crippen LogP contribution in [0.15, 0.2) is 34.7 Å². The first kappa shape index (κ1) is 12.6. The molecule has 0 fully saturated rings. The predicted molar refractivity (Wildman–Crippen MR) is 65.1 cm³/mol. The zero-order valence-electron chi connectivity index (χ0n) is 10.3. The van der Waals surface area contributed by atoms with E-state index in [4.69, 9.17) is 9.15 Å². The van der Waals surface area contributed by atoms with Gasteiger partial charge in [0, 0.05) is 18.1 Å². The summed E-state index contributed by atoms with van der Waals surface area (Å²) in [5.74, 6) is 1.00. The van der Waals surface area contributed by atoms with Gasteiger partial charge in [-0.2, -0.15) is 0 Å². The highest BCUT2D eigenvalue weighted by Crippen LogP contribution is 2.28. The van der Waals surface area contributed by atoms with Crippen molar-refractivity contribution in [2.75, 3.05) is 7.11 Å². The van der Waals surface area contributed by atoms with Gasteiger partial charge in [0.25, 0.3) is 0 Å². The van der Waals surface area contributed by atoms with Crippen LogP contribution in [-0.2, 0) is 6.42 Å². The van der Waals surface area contributed by atoms with Crippen LogP contribution in [0.5, 0.6) is 5.75 Å². The van der Waals surface area contributed by atoms with Gasteiger partial charge in [-0.15, -0.1) is 0 Å². The zero-order chi connectivity index (χ0) is 13.1. The summed E-state index contributed by atoms with van der Waals surface area (Å²) in [6.07, 6.45) is -0.367. The average molecular weight is 250 g/mol. The number of rotatable bonds is 4. The number of aryl methyl sites for hydroxylation is 1. The van der Waals surface area contributed by atoms with Crippen LogP contribution < -0.4 is 4.74 Å². The predicted octanol–water partition coefficient (Wildman–Crippen LogP) is 3.07. The number of hydrogen-bond acceptors (Lipinski definition) is 3. The molecule has 0 aliphatic rings. The molecule has 2 aromatic rings. The minimum atomic E-state index is -1.10. The number of aliphatic hydroxyl groups is 1. The summed E-state index contributed by atoms with van der Waals surface area (Å²) < 4.78 is 24.1. The van der Waals surface area contributed by atoms with Crippen LogP contribution in [0.1, 0.15) is 30.1 Å². The van der Waals surface area contributed by atoms with Crippen LogP contribution in [0.4, 0.5) is 4.39 Å². The summed E-state index contributed by atoms with van der Waals surface area (Å²) in [5.41, 5.74) is 0.174. The molecule has 18 heavy (non-hydrogen) atoms. The highest BCUT2D eigenvalue weighted by atomic mass is 19.1. The third-order valence-electron chi connectivity index (χ3n) is 2.80. The van der Waals surface area contributed by atoms with E-state index in [2.05, 4.69) is 0 Å². The molecular formula is C14H15FO3. The zero-order valence-corrected chi connectivity index (χ0v) is 10.3. The molecule has 0 saturated carbocycles. The Bertz CT molecular complexity index is 534. The fourth-order valence-corrected chi connectivity index (χ4v) is 1.74. The van der Waals surface area contributed by atoms with Gasteiger partial charge in [-0.25, -0.2) is 4.39 Å². The number of benzene rings is 1. The minimum Gasteiger partial charge on any atom is -0.497 e. The second kappa shape index (κ2) is 5.23. The molecule has 0 saturated heterocycles. The first-order chi connectivity index (χ1) is 8.65. The number of halogens is 1. The lowest BCUT2D eigenvalue weighted by Crippen LogP contribution is -2.01. The van der Waals surface area contributed by atoms with E-state index < -0.39 is 11.9 Å². The molecule has 1 unspecified atom stereocenters. The van der Waals surface area contributed by atoms with Gasteiger partial charge in [0.15, 0.2) is 0 Å². The molecule has 0 aliphatic carbocycles. The number of ether oxygens (including phenoxy) is 1. The van der Waals surface area contributed by atoms with Gasteiger partial charge >= 0.3 is 0 Å². The number of furan rings is 1. The van der Waals surface area contributed by atoms with Crippen LogP contribution in [-0.4, -0.2) is 12.2 Å². The minimum absolute atomic E-state index is 0.174. The topological polar surface area (TPSA) is 42.6 Å². The van der Waals surface area contributed by atoms with Crippen molar-refractivity contribution in [3.63, 3.8) is 0 Å². The molecule has 1 heterocycles. The molecule has 4 heteroatoms. The summed E-state index contributed by atoms with van der Waals surface area (Å²) in [4.78, 5) is 0. The lowest BCUT2D eigenvalue weighted by Gasteiger charge is -2.10. The third-order valence-corrected chi connectivity index (χ3v) is 2.80. The molecule has 2 rings (SSSR count). The van der Waals surface area contributed by atoms with E-state index in [1.165, 1.54) is 19.2 Å². The third kappa shape index (κ3) is 2.38. The molecule has 0 aliphatic heterocycles. The van der Waals surface area contributed by atoms with E-state index >= 15 is 0 Å². The van der Waals surface area contributed by atoms with Gasteiger partial charge in [-0.05, 0) is 24.3 Å². The molecule has 1 aromatic carbocycles. The smallest absolute Gasteiger partial charge is 0.139 e. The highest BCUT2D eigenvalue weighted by molar-refractivity contribution is 5.33. The SMILES string of the molecule is CCc1ccc(C(O)c2ccc(OC)cc2F)o1. The fraction of sp³-hybridized carbons (Fsp3) is 0.286. The number of hydrogen-bond donors (Lipinski definition) is 1. The summed E-state index contributed by atoms with van der Waals surface area (Å²) in [7, 11) is 1.46. The fourth-order valence-electron chi connectivity index (χ4n) is 1.74. The Kier molecular flexibility index (Phi) is 3.67. The van der Waals surface area contributed by atoms with E-state index in [0.717, 1.165) is 12.2 Å². The Morgan fingerprint density at radius 1 is 1.33 bits per heavy atom. The molecule has 1 atom stereocenters. The Morgan fingerprint density at radius 2 is 2.11 bits per heavy atom. The van der Waals surface area contributed by atoms with E-state index in [1.54, 1.807) is 18.2 Å². The maximum Gasteiger partial charge on any atom is 0.139 e. The molecule has 0 radical (unpaired) electrons. The second-order valence-corrected chi connectivity index (χ2v) is 3.95. The van der Waals surface area contributed by atoms with E-state index in [9.17, 15) is 9.50 Å². The highest BCUT2D eigenvalue weighted by Gasteiger charge is 2.18. The molecule has 0 spiro atoms. The quantitative estimate of drug-likeness (QED) is 0.906. The summed E-state index contributed by atoms with van der Waals surface area (Å²) in [5, 5.41) is 10.1. The lowest BCUT2D eigenvalue weighted by atomic mass is 10.1. The van der Waals surface area contributed by atoms with Crippen molar-refractivity contribution in [2.45, 2.75) is 19.4 Å². The molecule has 1 N–H and O–H groups in total. The first-order valence-corrected chi connectivity index (χ1v) is 5.75. The van der Waals surface area contributed by atoms with Crippen LogP contribution in [0, 0.1) is 5.82 Å². The van der Waals surface area contributed by atoms with Crippen LogP contribution >= 0.6 is 0 Å². The number of aliphatic hydroxyl groups excluding tert-OH is 1. The van der Waals surface area contributed by atoms with Crippen molar-refractivity contribution in [1.82, 2.24) is 0 Å². The van der Waals surface area contributed by atoms with Crippen LogP contribution in [0.25, 0.3) is 0 Å². The molecule has 0 bridgehead atoms. The van der Waals surface area contributed by atoms with Gasteiger partial charge in [-0.3, -0.25) is 0 Å². The van der Waals surface area contributed by atoms with Crippen molar-refractivity contribution in [3.8, 4) is 5.75 Å². The molecule has 0 amide bonds. The van der Waals surface area contributed by atoms with Gasteiger partial charge < -0.3 is 14.3 Å². The molecular weight excluding hydrogens is 235 g/mol. The molecule has 1 aromatic heterocycles. The first-order valence-electron chi connectivity index (χ1n) is 5.75. The Balaban J connectivity index is 2.30. The largest absolute Gasteiger partial charge is 0.497 e. The normalized spacial score (nSPS) is 12.4. The molecule has 96 valence electrons. The van der Waals surface area contributed by atoms with Gasteiger partial charge in [0.1, 0.15) is 29.2 Å². The van der Waals surface area contributed by atoms with E-state index in [0.29, 0.717) is 11.5 Å². The Morgan fingerprint density at radius 3 is 2.67 bits per heavy atom. The number of methoxy groups -OCH3 is 1. The maximum absolute atomic E-state index is 13.8. The van der Waals surface area contributed by atoms with Crippen molar-refractivity contribution in [1.29, 1.82) is 0 Å². The average Bonchev–Trinajstić information content (AvgIpc) is 2.86. The Labute approximate surface area is 105 Å².